The Morgan fingerprint density at radius 3 is 2.10 bits per heavy atom. The number of hydrogen-bond donors (Lipinski definition) is 2. The van der Waals surface area contributed by atoms with Crippen molar-refractivity contribution in [3.63, 3.8) is 0 Å². The predicted octanol–water partition coefficient (Wildman–Crippen LogP) is 1.09. The molecule has 0 aromatic heterocycles. The van der Waals surface area contributed by atoms with Crippen molar-refractivity contribution in [2.45, 2.75) is 69.9 Å². The summed E-state index contributed by atoms with van der Waals surface area (Å²) in [6, 6.07) is -0.509. The lowest BCUT2D eigenvalue weighted by molar-refractivity contribution is -0.132. The normalized spacial score (nSPS) is 41.8. The molecule has 2 unspecified atom stereocenters. The fourth-order valence-corrected chi connectivity index (χ4v) is 9.70. The van der Waals surface area contributed by atoms with Gasteiger partial charge in [0.05, 0.1) is 24.1 Å². The second-order valence-electron chi connectivity index (χ2n) is 10.9. The first-order valence-electron chi connectivity index (χ1n) is 11.8. The van der Waals surface area contributed by atoms with Crippen molar-refractivity contribution >= 4 is 21.7 Å². The summed E-state index contributed by atoms with van der Waals surface area (Å²) in [5.41, 5.74) is 0.162. The van der Waals surface area contributed by atoms with Gasteiger partial charge in [0.15, 0.2) is 9.84 Å². The monoisotopic (exact) mass is 437 g/mol. The molecule has 2 amide bonds. The van der Waals surface area contributed by atoms with Crippen molar-refractivity contribution < 1.29 is 18.0 Å². The van der Waals surface area contributed by atoms with Gasteiger partial charge in [0, 0.05) is 12.5 Å². The molecule has 0 aromatic rings. The average Bonchev–Trinajstić information content (AvgIpc) is 3.26. The van der Waals surface area contributed by atoms with Crippen LogP contribution in [0.15, 0.2) is 0 Å². The third-order valence-corrected chi connectivity index (χ3v) is 10.1. The summed E-state index contributed by atoms with van der Waals surface area (Å²) in [6.07, 6.45) is 10.3. The molecule has 4 saturated carbocycles. The molecule has 8 heteroatoms. The lowest BCUT2D eigenvalue weighted by Crippen LogP contribution is -2.52. The fourth-order valence-electron chi connectivity index (χ4n) is 7.75. The van der Waals surface area contributed by atoms with Crippen LogP contribution in [-0.2, 0) is 19.4 Å². The van der Waals surface area contributed by atoms with Crippen LogP contribution in [-0.4, -0.2) is 68.4 Å². The number of amides is 2. The molecule has 6 rings (SSSR count). The number of hydrogen-bond acceptors (Lipinski definition) is 5. The highest BCUT2D eigenvalue weighted by Crippen LogP contribution is 2.61. The van der Waals surface area contributed by atoms with E-state index in [9.17, 15) is 18.0 Å². The van der Waals surface area contributed by atoms with Crippen LogP contribution in [0.5, 0.6) is 0 Å². The minimum atomic E-state index is -3.13. The molecule has 2 atom stereocenters. The summed E-state index contributed by atoms with van der Waals surface area (Å²) < 4.78 is 24.3. The van der Waals surface area contributed by atoms with Crippen molar-refractivity contribution in [3.05, 3.63) is 0 Å². The molecule has 30 heavy (non-hydrogen) atoms. The van der Waals surface area contributed by atoms with Crippen LogP contribution in [0, 0.1) is 23.2 Å². The van der Waals surface area contributed by atoms with Gasteiger partial charge in [0.1, 0.15) is 0 Å². The number of carbonyl (C=O) groups is 2. The van der Waals surface area contributed by atoms with Gasteiger partial charge in [-0.1, -0.05) is 0 Å². The molecule has 0 spiro atoms. The molecule has 2 aliphatic heterocycles. The van der Waals surface area contributed by atoms with E-state index in [0.29, 0.717) is 6.42 Å². The first-order valence-corrected chi connectivity index (χ1v) is 13.6. The third-order valence-electron chi connectivity index (χ3n) is 8.43. The lowest BCUT2D eigenvalue weighted by Gasteiger charge is -2.56. The quantitative estimate of drug-likeness (QED) is 0.649. The maximum atomic E-state index is 12.7. The van der Waals surface area contributed by atoms with Crippen LogP contribution in [0.4, 0.5) is 0 Å². The van der Waals surface area contributed by atoms with E-state index >= 15 is 0 Å². The molecule has 7 nitrogen and oxygen atoms in total. The molecule has 2 heterocycles. The summed E-state index contributed by atoms with van der Waals surface area (Å²) in [6.45, 7) is 1.73. The van der Waals surface area contributed by atoms with Crippen molar-refractivity contribution in [1.82, 2.24) is 15.5 Å². The first kappa shape index (κ1) is 20.7. The maximum Gasteiger partial charge on any atom is 0.239 e. The highest BCUT2D eigenvalue weighted by molar-refractivity contribution is 7.91. The number of nitrogens with one attached hydrogen (secondary N) is 2. The minimum Gasteiger partial charge on any atom is -0.349 e. The zero-order valence-corrected chi connectivity index (χ0v) is 18.6. The van der Waals surface area contributed by atoms with Gasteiger partial charge in [-0.15, -0.1) is 0 Å². The van der Waals surface area contributed by atoms with E-state index in [-0.39, 0.29) is 47.4 Å². The van der Waals surface area contributed by atoms with Crippen LogP contribution < -0.4 is 10.6 Å². The Morgan fingerprint density at radius 1 is 0.900 bits per heavy atom. The SMILES string of the molecule is O=C(CC12CC3CC(CC(C3)C1)C2)NCC(=O)NC1CS(=O)(=O)CC1N1CCCC1. The van der Waals surface area contributed by atoms with Gasteiger partial charge in [-0.2, -0.15) is 0 Å². The molecule has 6 aliphatic rings. The van der Waals surface area contributed by atoms with Gasteiger partial charge in [-0.3, -0.25) is 14.5 Å². The number of carbonyl (C=O) groups excluding carboxylic acids is 2. The smallest absolute Gasteiger partial charge is 0.239 e. The zero-order chi connectivity index (χ0) is 20.9. The van der Waals surface area contributed by atoms with Gasteiger partial charge in [-0.05, 0) is 87.6 Å². The molecule has 0 radical (unpaired) electrons. The fraction of sp³-hybridized carbons (Fsp3) is 0.909. The molecule has 2 saturated heterocycles. The Hall–Kier alpha value is -1.15. The summed E-state index contributed by atoms with van der Waals surface area (Å²) in [5.74, 6) is 2.23. The minimum absolute atomic E-state index is 0.00112. The third kappa shape index (κ3) is 4.27. The van der Waals surface area contributed by atoms with Crippen LogP contribution in [0.3, 0.4) is 0 Å². The van der Waals surface area contributed by atoms with Gasteiger partial charge in [0.2, 0.25) is 11.8 Å². The van der Waals surface area contributed by atoms with E-state index < -0.39 is 9.84 Å². The Labute approximate surface area is 179 Å². The van der Waals surface area contributed by atoms with Gasteiger partial charge >= 0.3 is 0 Å². The Kier molecular flexibility index (Phi) is 5.37. The number of likely N-dealkylation sites (tertiary alicyclic amines) is 1. The standard InChI is InChI=1S/C22H35N3O4S/c26-20(11-22-8-15-5-16(9-22)7-17(6-15)10-22)23-12-21(27)24-18-13-30(28,29)14-19(18)25-3-1-2-4-25/h15-19H,1-14H2,(H,23,26)(H,24,27). The summed E-state index contributed by atoms with van der Waals surface area (Å²) in [7, 11) is -3.13. The maximum absolute atomic E-state index is 12.7. The predicted molar refractivity (Wildman–Crippen MR) is 113 cm³/mol. The van der Waals surface area contributed by atoms with E-state index in [1.165, 1.54) is 38.5 Å². The van der Waals surface area contributed by atoms with Crippen molar-refractivity contribution in [1.29, 1.82) is 0 Å². The second-order valence-corrected chi connectivity index (χ2v) is 13.1. The Bertz CT molecular complexity index is 770. The molecule has 168 valence electrons. The van der Waals surface area contributed by atoms with Crippen LogP contribution >= 0.6 is 0 Å². The zero-order valence-electron chi connectivity index (χ0n) is 17.8. The van der Waals surface area contributed by atoms with E-state index in [0.717, 1.165) is 43.7 Å². The molecule has 6 fully saturated rings. The Morgan fingerprint density at radius 2 is 1.50 bits per heavy atom. The van der Waals surface area contributed by atoms with E-state index in [4.69, 9.17) is 0 Å². The molecule has 4 bridgehead atoms. The number of sulfone groups is 1. The van der Waals surface area contributed by atoms with E-state index in [1.807, 2.05) is 0 Å². The number of nitrogens with zero attached hydrogens (tertiary/aromatic N) is 1. The summed E-state index contributed by atoms with van der Waals surface area (Å²) in [5, 5.41) is 5.72. The van der Waals surface area contributed by atoms with Crippen molar-refractivity contribution in [2.24, 2.45) is 23.2 Å². The molecular weight excluding hydrogens is 402 g/mol. The largest absolute Gasteiger partial charge is 0.349 e. The topological polar surface area (TPSA) is 95.6 Å². The van der Waals surface area contributed by atoms with E-state index in [1.54, 1.807) is 0 Å². The number of rotatable bonds is 6. The molecule has 0 aromatic carbocycles. The van der Waals surface area contributed by atoms with Crippen molar-refractivity contribution in [2.75, 3.05) is 31.1 Å². The van der Waals surface area contributed by atoms with Crippen LogP contribution in [0.1, 0.15) is 57.8 Å². The first-order chi connectivity index (χ1) is 14.3. The Balaban J connectivity index is 1.12. The van der Waals surface area contributed by atoms with Gasteiger partial charge < -0.3 is 10.6 Å². The average molecular weight is 438 g/mol. The molecule has 4 aliphatic carbocycles. The highest BCUT2D eigenvalue weighted by atomic mass is 32.2. The van der Waals surface area contributed by atoms with E-state index in [2.05, 4.69) is 15.5 Å². The lowest BCUT2D eigenvalue weighted by atomic mass is 9.49. The molecule has 2 N–H and O–H groups in total. The summed E-state index contributed by atoms with van der Waals surface area (Å²) >= 11 is 0. The van der Waals surface area contributed by atoms with Crippen LogP contribution in [0.2, 0.25) is 0 Å². The van der Waals surface area contributed by atoms with Gasteiger partial charge in [-0.25, -0.2) is 8.42 Å². The van der Waals surface area contributed by atoms with Crippen molar-refractivity contribution in [3.8, 4) is 0 Å². The molecular formula is C22H35N3O4S. The van der Waals surface area contributed by atoms with Gasteiger partial charge in [0.25, 0.3) is 0 Å². The van der Waals surface area contributed by atoms with Crippen LogP contribution in [0.25, 0.3) is 0 Å². The second kappa shape index (κ2) is 7.76. The highest BCUT2D eigenvalue weighted by Gasteiger charge is 2.51. The summed E-state index contributed by atoms with van der Waals surface area (Å²) in [4.78, 5) is 27.3.